The van der Waals surface area contributed by atoms with Crippen molar-refractivity contribution in [3.63, 3.8) is 0 Å². The predicted molar refractivity (Wildman–Crippen MR) is 90.7 cm³/mol. The second-order valence-corrected chi connectivity index (χ2v) is 5.36. The van der Waals surface area contributed by atoms with Crippen LogP contribution >= 0.6 is 11.3 Å². The van der Waals surface area contributed by atoms with Crippen molar-refractivity contribution in [2.75, 3.05) is 11.9 Å². The average Bonchev–Trinajstić information content (AvgIpc) is 3.02. The van der Waals surface area contributed by atoms with Crippen molar-refractivity contribution < 1.29 is 19.1 Å². The molecular formula is C16H15N3O4S. The SMILES string of the molecule is CCOC(=O)NC(=O)c1ccsc1NC(=O)/C=C/c1ccncc1. The van der Waals surface area contributed by atoms with Gasteiger partial charge in [-0.25, -0.2) is 4.79 Å². The van der Waals surface area contributed by atoms with Crippen molar-refractivity contribution in [3.05, 3.63) is 53.2 Å². The number of carbonyl (C=O) groups is 3. The molecule has 3 amide bonds. The van der Waals surface area contributed by atoms with Gasteiger partial charge < -0.3 is 10.1 Å². The Bertz CT molecular complexity index is 756. The Morgan fingerprint density at radius 1 is 1.25 bits per heavy atom. The summed E-state index contributed by atoms with van der Waals surface area (Å²) in [6, 6.07) is 5.03. The first-order chi connectivity index (χ1) is 11.6. The number of nitrogens with one attached hydrogen (secondary N) is 2. The number of alkyl carbamates (subject to hydrolysis) is 1. The molecule has 0 saturated heterocycles. The first-order valence-electron chi connectivity index (χ1n) is 7.05. The molecular weight excluding hydrogens is 330 g/mol. The lowest BCUT2D eigenvalue weighted by molar-refractivity contribution is -0.111. The lowest BCUT2D eigenvalue weighted by Crippen LogP contribution is -2.31. The summed E-state index contributed by atoms with van der Waals surface area (Å²) < 4.78 is 4.65. The highest BCUT2D eigenvalue weighted by Gasteiger charge is 2.17. The average molecular weight is 345 g/mol. The monoisotopic (exact) mass is 345 g/mol. The van der Waals surface area contributed by atoms with Crippen LogP contribution in [0.25, 0.3) is 6.08 Å². The van der Waals surface area contributed by atoms with Gasteiger partial charge in [0.25, 0.3) is 5.91 Å². The van der Waals surface area contributed by atoms with Crippen LogP contribution in [0.4, 0.5) is 9.80 Å². The summed E-state index contributed by atoms with van der Waals surface area (Å²) >= 11 is 1.18. The fourth-order valence-corrected chi connectivity index (χ4v) is 2.50. The van der Waals surface area contributed by atoms with Crippen molar-refractivity contribution in [2.45, 2.75) is 6.92 Å². The standard InChI is InChI=1S/C16H15N3O4S/c1-2-23-16(22)19-14(21)12-7-10-24-15(12)18-13(20)4-3-11-5-8-17-9-6-11/h3-10H,2H2,1H3,(H,18,20)(H,19,21,22)/b4-3+. The summed E-state index contributed by atoms with van der Waals surface area (Å²) in [5.74, 6) is -1.03. The van der Waals surface area contributed by atoms with E-state index < -0.39 is 12.0 Å². The fraction of sp³-hybridized carbons (Fsp3) is 0.125. The van der Waals surface area contributed by atoms with Crippen LogP contribution in [-0.4, -0.2) is 29.5 Å². The van der Waals surface area contributed by atoms with Crippen LogP contribution in [-0.2, 0) is 9.53 Å². The minimum atomic E-state index is -0.830. The summed E-state index contributed by atoms with van der Waals surface area (Å²) in [4.78, 5) is 39.1. The normalized spacial score (nSPS) is 10.4. The quantitative estimate of drug-likeness (QED) is 0.812. The molecule has 0 aliphatic heterocycles. The molecule has 0 aliphatic carbocycles. The second kappa shape index (κ2) is 8.59. The first kappa shape index (κ1) is 17.4. The van der Waals surface area contributed by atoms with Gasteiger partial charge in [-0.15, -0.1) is 11.3 Å². The highest BCUT2D eigenvalue weighted by Crippen LogP contribution is 2.23. The number of aromatic nitrogens is 1. The Morgan fingerprint density at radius 2 is 2.00 bits per heavy atom. The number of nitrogens with zero attached hydrogens (tertiary/aromatic N) is 1. The van der Waals surface area contributed by atoms with Crippen molar-refractivity contribution >= 4 is 40.3 Å². The predicted octanol–water partition coefficient (Wildman–Crippen LogP) is 2.68. The molecule has 0 radical (unpaired) electrons. The maximum absolute atomic E-state index is 12.0. The van der Waals surface area contributed by atoms with Gasteiger partial charge in [0, 0.05) is 18.5 Å². The van der Waals surface area contributed by atoms with E-state index in [4.69, 9.17) is 0 Å². The maximum atomic E-state index is 12.0. The molecule has 124 valence electrons. The van der Waals surface area contributed by atoms with Crippen molar-refractivity contribution in [3.8, 4) is 0 Å². The molecule has 2 heterocycles. The Hall–Kier alpha value is -3.00. The largest absolute Gasteiger partial charge is 0.450 e. The van der Waals surface area contributed by atoms with E-state index in [1.165, 1.54) is 23.5 Å². The third-order valence-electron chi connectivity index (χ3n) is 2.77. The second-order valence-electron chi connectivity index (χ2n) is 4.44. The van der Waals surface area contributed by atoms with Gasteiger partial charge in [0.15, 0.2) is 0 Å². The molecule has 2 aromatic rings. The zero-order chi connectivity index (χ0) is 17.4. The molecule has 24 heavy (non-hydrogen) atoms. The number of thiophene rings is 1. The fourth-order valence-electron chi connectivity index (χ4n) is 1.71. The molecule has 0 aliphatic rings. The molecule has 0 atom stereocenters. The van der Waals surface area contributed by atoms with Crippen LogP contribution in [0.1, 0.15) is 22.8 Å². The lowest BCUT2D eigenvalue weighted by Gasteiger charge is -2.05. The van der Waals surface area contributed by atoms with E-state index in [0.717, 1.165) is 5.56 Å². The summed E-state index contributed by atoms with van der Waals surface area (Å²) in [6.07, 6.45) is 5.39. The molecule has 0 aromatic carbocycles. The topological polar surface area (TPSA) is 97.4 Å². The molecule has 0 bridgehead atoms. The molecule has 0 fully saturated rings. The number of carbonyl (C=O) groups excluding carboxylic acids is 3. The van der Waals surface area contributed by atoms with Gasteiger partial charge in [-0.1, -0.05) is 0 Å². The van der Waals surface area contributed by atoms with E-state index >= 15 is 0 Å². The van der Waals surface area contributed by atoms with Crippen molar-refractivity contribution in [1.82, 2.24) is 10.3 Å². The number of pyridine rings is 1. The zero-order valence-corrected chi connectivity index (χ0v) is 13.6. The van der Waals surface area contributed by atoms with E-state index in [0.29, 0.717) is 5.00 Å². The van der Waals surface area contributed by atoms with E-state index in [-0.39, 0.29) is 18.1 Å². The summed E-state index contributed by atoms with van der Waals surface area (Å²) in [7, 11) is 0. The molecule has 7 nitrogen and oxygen atoms in total. The van der Waals surface area contributed by atoms with E-state index in [1.807, 2.05) is 0 Å². The van der Waals surface area contributed by atoms with Crippen molar-refractivity contribution in [1.29, 1.82) is 0 Å². The van der Waals surface area contributed by atoms with E-state index in [1.54, 1.807) is 42.9 Å². The highest BCUT2D eigenvalue weighted by atomic mass is 32.1. The Kier molecular flexibility index (Phi) is 6.21. The van der Waals surface area contributed by atoms with E-state index in [9.17, 15) is 14.4 Å². The number of hydrogen-bond acceptors (Lipinski definition) is 6. The lowest BCUT2D eigenvalue weighted by atomic mass is 10.2. The number of rotatable bonds is 5. The van der Waals surface area contributed by atoms with Gasteiger partial charge in [0.2, 0.25) is 5.91 Å². The minimum Gasteiger partial charge on any atom is -0.450 e. The first-order valence-corrected chi connectivity index (χ1v) is 7.92. The summed E-state index contributed by atoms with van der Waals surface area (Å²) in [5, 5.41) is 6.69. The van der Waals surface area contributed by atoms with Crippen LogP contribution in [0.2, 0.25) is 0 Å². The number of imide groups is 1. The zero-order valence-electron chi connectivity index (χ0n) is 12.8. The van der Waals surface area contributed by atoms with Crippen LogP contribution in [0.3, 0.4) is 0 Å². The third kappa shape index (κ3) is 5.03. The Morgan fingerprint density at radius 3 is 2.71 bits per heavy atom. The van der Waals surface area contributed by atoms with Gasteiger partial charge in [0.1, 0.15) is 5.00 Å². The smallest absolute Gasteiger partial charge is 0.414 e. The Labute approximate surface area is 142 Å². The number of anilines is 1. The van der Waals surface area contributed by atoms with Gasteiger partial charge >= 0.3 is 6.09 Å². The number of hydrogen-bond donors (Lipinski definition) is 2. The van der Waals surface area contributed by atoms with Crippen LogP contribution in [0, 0.1) is 0 Å². The van der Waals surface area contributed by atoms with Gasteiger partial charge in [-0.2, -0.15) is 0 Å². The van der Waals surface area contributed by atoms with Crippen LogP contribution in [0.5, 0.6) is 0 Å². The number of amides is 3. The molecule has 0 saturated carbocycles. The number of ether oxygens (including phenoxy) is 1. The highest BCUT2D eigenvalue weighted by molar-refractivity contribution is 7.14. The van der Waals surface area contributed by atoms with Crippen LogP contribution in [0.15, 0.2) is 42.0 Å². The molecule has 2 N–H and O–H groups in total. The van der Waals surface area contributed by atoms with Gasteiger partial charge in [-0.05, 0) is 42.1 Å². The van der Waals surface area contributed by atoms with Crippen molar-refractivity contribution in [2.24, 2.45) is 0 Å². The summed E-state index contributed by atoms with van der Waals surface area (Å²) in [6.45, 7) is 1.79. The molecule has 8 heteroatoms. The van der Waals surface area contributed by atoms with Gasteiger partial charge in [-0.3, -0.25) is 19.9 Å². The third-order valence-corrected chi connectivity index (χ3v) is 3.60. The van der Waals surface area contributed by atoms with Gasteiger partial charge in [0.05, 0.1) is 12.2 Å². The molecule has 0 unspecified atom stereocenters. The molecule has 0 spiro atoms. The van der Waals surface area contributed by atoms with E-state index in [2.05, 4.69) is 20.4 Å². The summed E-state index contributed by atoms with van der Waals surface area (Å²) in [5.41, 5.74) is 1.02. The minimum absolute atomic E-state index is 0.159. The van der Waals surface area contributed by atoms with Crippen LogP contribution < -0.4 is 10.6 Å². The Balaban J connectivity index is 1.99. The molecule has 2 rings (SSSR count). The molecule has 2 aromatic heterocycles. The maximum Gasteiger partial charge on any atom is 0.414 e.